The van der Waals surface area contributed by atoms with E-state index in [9.17, 15) is 18.4 Å². The molecule has 0 bridgehead atoms. The van der Waals surface area contributed by atoms with E-state index < -0.39 is 18.4 Å². The zero-order chi connectivity index (χ0) is 26.1. The first-order chi connectivity index (χ1) is 17.2. The van der Waals surface area contributed by atoms with Crippen LogP contribution < -0.4 is 9.47 Å². The SMILES string of the molecule is C=CC(=O)Oc1ccc(/C=C/c2ccc(/C=C/c3ccc(OC(=O)C(=C)C)cc3C(F)F)cc2)cc1. The largest absolute Gasteiger partial charge is 0.423 e. The second-order valence-corrected chi connectivity index (χ2v) is 7.79. The maximum absolute atomic E-state index is 13.6. The highest BCUT2D eigenvalue weighted by Crippen LogP contribution is 2.29. The summed E-state index contributed by atoms with van der Waals surface area (Å²) in [6.45, 7) is 8.32. The van der Waals surface area contributed by atoms with Crippen molar-refractivity contribution in [3.8, 4) is 11.5 Å². The molecule has 0 spiro atoms. The van der Waals surface area contributed by atoms with E-state index in [1.807, 2.05) is 48.6 Å². The first-order valence-electron chi connectivity index (χ1n) is 11.0. The monoisotopic (exact) mass is 486 g/mol. The number of rotatable bonds is 9. The molecule has 0 aliphatic rings. The first-order valence-corrected chi connectivity index (χ1v) is 11.0. The van der Waals surface area contributed by atoms with Gasteiger partial charge in [-0.2, -0.15) is 0 Å². The Bertz CT molecular complexity index is 1320. The van der Waals surface area contributed by atoms with Gasteiger partial charge in [0.2, 0.25) is 0 Å². The molecule has 3 aromatic carbocycles. The van der Waals surface area contributed by atoms with Crippen LogP contribution in [0.25, 0.3) is 24.3 Å². The maximum atomic E-state index is 13.6. The standard InChI is InChI=1S/C30H24F2O4/c1-4-28(33)35-25-16-12-23(13-17-25)10-7-21-5-8-22(9-6-21)11-14-24-15-18-26(19-27(24)29(31)32)36-30(34)20(2)3/h4-19,29H,1-2H2,3H3/b10-7+,14-11+. The summed E-state index contributed by atoms with van der Waals surface area (Å²) < 4.78 is 37.3. The van der Waals surface area contributed by atoms with E-state index in [1.165, 1.54) is 19.1 Å². The van der Waals surface area contributed by atoms with Crippen molar-refractivity contribution in [1.29, 1.82) is 0 Å². The van der Waals surface area contributed by atoms with Crippen LogP contribution >= 0.6 is 0 Å². The molecule has 3 aromatic rings. The van der Waals surface area contributed by atoms with Crippen molar-refractivity contribution >= 4 is 36.2 Å². The highest BCUT2D eigenvalue weighted by molar-refractivity contribution is 5.89. The molecule has 3 rings (SSSR count). The molecule has 0 aliphatic heterocycles. The van der Waals surface area contributed by atoms with Crippen LogP contribution in [0.3, 0.4) is 0 Å². The van der Waals surface area contributed by atoms with Crippen LogP contribution in [0.5, 0.6) is 11.5 Å². The molecular formula is C30H24F2O4. The molecule has 0 aliphatic carbocycles. The number of ether oxygens (including phenoxy) is 2. The molecule has 4 nitrogen and oxygen atoms in total. The van der Waals surface area contributed by atoms with E-state index >= 15 is 0 Å². The molecule has 36 heavy (non-hydrogen) atoms. The van der Waals surface area contributed by atoms with Gasteiger partial charge >= 0.3 is 11.9 Å². The van der Waals surface area contributed by atoms with E-state index in [4.69, 9.17) is 9.47 Å². The Morgan fingerprint density at radius 3 is 1.78 bits per heavy atom. The second kappa shape index (κ2) is 12.2. The van der Waals surface area contributed by atoms with Gasteiger partial charge < -0.3 is 9.47 Å². The summed E-state index contributed by atoms with van der Waals surface area (Å²) in [5.74, 6) is -0.706. The van der Waals surface area contributed by atoms with Gasteiger partial charge in [-0.05, 0) is 53.4 Å². The fourth-order valence-corrected chi connectivity index (χ4v) is 3.05. The Morgan fingerprint density at radius 2 is 1.28 bits per heavy atom. The molecule has 6 heteroatoms. The smallest absolute Gasteiger partial charge is 0.338 e. The van der Waals surface area contributed by atoms with Crippen molar-refractivity contribution in [2.45, 2.75) is 13.3 Å². The number of alkyl halides is 2. The first kappa shape index (κ1) is 26.0. The van der Waals surface area contributed by atoms with Crippen molar-refractivity contribution < 1.29 is 27.8 Å². The Balaban J connectivity index is 1.67. The molecule has 182 valence electrons. The van der Waals surface area contributed by atoms with Crippen LogP contribution in [0.1, 0.15) is 41.2 Å². The number of carbonyl (C=O) groups excluding carboxylic acids is 2. The van der Waals surface area contributed by atoms with E-state index in [0.717, 1.165) is 28.8 Å². The summed E-state index contributed by atoms with van der Waals surface area (Å²) in [5, 5.41) is 0. The molecule has 0 heterocycles. The van der Waals surface area contributed by atoms with Gasteiger partial charge in [0.25, 0.3) is 6.43 Å². The fraction of sp³-hybridized carbons (Fsp3) is 0.0667. The molecule has 0 radical (unpaired) electrons. The lowest BCUT2D eigenvalue weighted by atomic mass is 10.0. The quantitative estimate of drug-likeness (QED) is 0.136. The lowest BCUT2D eigenvalue weighted by Crippen LogP contribution is -2.08. The number of hydrogen-bond donors (Lipinski definition) is 0. The Morgan fingerprint density at radius 1 is 0.778 bits per heavy atom. The van der Waals surface area contributed by atoms with Gasteiger partial charge in [0.1, 0.15) is 11.5 Å². The van der Waals surface area contributed by atoms with Crippen molar-refractivity contribution in [2.75, 3.05) is 0 Å². The average molecular weight is 487 g/mol. The van der Waals surface area contributed by atoms with E-state index in [1.54, 1.807) is 24.3 Å². The highest BCUT2D eigenvalue weighted by atomic mass is 19.3. The predicted octanol–water partition coefficient (Wildman–Crippen LogP) is 7.54. The fourth-order valence-electron chi connectivity index (χ4n) is 3.05. The highest BCUT2D eigenvalue weighted by Gasteiger charge is 2.14. The van der Waals surface area contributed by atoms with Gasteiger partial charge in [0, 0.05) is 17.2 Å². The number of halogens is 2. The van der Waals surface area contributed by atoms with Crippen LogP contribution in [0.15, 0.2) is 91.5 Å². The summed E-state index contributed by atoms with van der Waals surface area (Å²) in [5.41, 5.74) is 2.98. The third kappa shape index (κ3) is 7.46. The van der Waals surface area contributed by atoms with Crippen molar-refractivity contribution in [2.24, 2.45) is 0 Å². The Kier molecular flexibility index (Phi) is 8.84. The van der Waals surface area contributed by atoms with Crippen LogP contribution in [0.4, 0.5) is 8.78 Å². The van der Waals surface area contributed by atoms with Crippen LogP contribution in [-0.4, -0.2) is 11.9 Å². The third-order valence-electron chi connectivity index (χ3n) is 4.98. The minimum atomic E-state index is -2.73. The van der Waals surface area contributed by atoms with Gasteiger partial charge in [-0.25, -0.2) is 18.4 Å². The lowest BCUT2D eigenvalue weighted by Gasteiger charge is -2.09. The van der Waals surface area contributed by atoms with Crippen molar-refractivity contribution in [3.63, 3.8) is 0 Å². The summed E-state index contributed by atoms with van der Waals surface area (Å²) in [7, 11) is 0. The van der Waals surface area contributed by atoms with Gasteiger partial charge in [-0.3, -0.25) is 0 Å². The Labute approximate surface area is 208 Å². The molecule has 0 fully saturated rings. The van der Waals surface area contributed by atoms with Gasteiger partial charge in [-0.1, -0.05) is 79.9 Å². The normalized spacial score (nSPS) is 11.1. The molecule has 0 N–H and O–H groups in total. The lowest BCUT2D eigenvalue weighted by molar-refractivity contribution is -0.130. The topological polar surface area (TPSA) is 52.6 Å². The summed E-state index contributed by atoms with van der Waals surface area (Å²) >= 11 is 0. The van der Waals surface area contributed by atoms with Gasteiger partial charge in [-0.15, -0.1) is 0 Å². The minimum absolute atomic E-state index is 0.0407. The number of carbonyl (C=O) groups is 2. The number of hydrogen-bond acceptors (Lipinski definition) is 4. The molecule has 0 amide bonds. The van der Waals surface area contributed by atoms with E-state index in [-0.39, 0.29) is 16.9 Å². The van der Waals surface area contributed by atoms with Crippen LogP contribution in [-0.2, 0) is 9.59 Å². The number of esters is 2. The second-order valence-electron chi connectivity index (χ2n) is 7.79. The third-order valence-corrected chi connectivity index (χ3v) is 4.98. The molecule has 0 saturated heterocycles. The molecular weight excluding hydrogens is 462 g/mol. The van der Waals surface area contributed by atoms with Crippen LogP contribution in [0, 0.1) is 0 Å². The number of benzene rings is 3. The maximum Gasteiger partial charge on any atom is 0.338 e. The summed E-state index contributed by atoms with van der Waals surface area (Å²) in [6, 6.07) is 18.7. The van der Waals surface area contributed by atoms with Gasteiger partial charge in [0.15, 0.2) is 0 Å². The van der Waals surface area contributed by atoms with Crippen molar-refractivity contribution in [3.05, 3.63) is 119 Å². The average Bonchev–Trinajstić information content (AvgIpc) is 2.87. The van der Waals surface area contributed by atoms with E-state index in [2.05, 4.69) is 13.2 Å². The van der Waals surface area contributed by atoms with Crippen molar-refractivity contribution in [1.82, 2.24) is 0 Å². The summed E-state index contributed by atoms with van der Waals surface area (Å²) in [4.78, 5) is 22.9. The molecule has 0 atom stereocenters. The Hall–Kier alpha value is -4.58. The zero-order valence-corrected chi connectivity index (χ0v) is 19.6. The molecule has 0 unspecified atom stereocenters. The van der Waals surface area contributed by atoms with E-state index in [0.29, 0.717) is 11.3 Å². The molecule has 0 aromatic heterocycles. The van der Waals surface area contributed by atoms with Gasteiger partial charge in [0.05, 0.1) is 0 Å². The minimum Gasteiger partial charge on any atom is -0.423 e. The zero-order valence-electron chi connectivity index (χ0n) is 19.6. The predicted molar refractivity (Wildman–Crippen MR) is 138 cm³/mol. The van der Waals surface area contributed by atoms with Crippen LogP contribution in [0.2, 0.25) is 0 Å². The molecule has 0 saturated carbocycles. The summed E-state index contributed by atoms with van der Waals surface area (Å²) in [6.07, 6.45) is 5.54.